The number of rotatable bonds is 6. The van der Waals surface area contributed by atoms with E-state index in [0.717, 1.165) is 11.3 Å². The molecular weight excluding hydrogens is 416 g/mol. The number of carbonyl (C=O) groups excluding carboxylic acids is 2. The molecule has 7 heteroatoms. The van der Waals surface area contributed by atoms with Gasteiger partial charge >= 0.3 is 11.9 Å². The van der Waals surface area contributed by atoms with Crippen LogP contribution in [-0.4, -0.2) is 26.2 Å². The van der Waals surface area contributed by atoms with E-state index in [1.807, 2.05) is 43.3 Å². The molecule has 6 nitrogen and oxygen atoms in total. The van der Waals surface area contributed by atoms with Gasteiger partial charge in [0, 0.05) is 17.3 Å². The van der Waals surface area contributed by atoms with E-state index in [-0.39, 0.29) is 17.3 Å². The Morgan fingerprint density at radius 3 is 2.39 bits per heavy atom. The largest absolute Gasteiger partial charge is 0.465 e. The molecule has 0 spiro atoms. The van der Waals surface area contributed by atoms with Gasteiger partial charge < -0.3 is 19.7 Å². The fourth-order valence-electron chi connectivity index (χ4n) is 3.24. The number of nitrogens with zero attached hydrogens (tertiary/aromatic N) is 1. The van der Waals surface area contributed by atoms with Gasteiger partial charge in [0.15, 0.2) is 0 Å². The van der Waals surface area contributed by atoms with Crippen molar-refractivity contribution >= 4 is 34.9 Å². The zero-order valence-electron chi connectivity index (χ0n) is 17.5. The van der Waals surface area contributed by atoms with Crippen molar-refractivity contribution in [3.05, 3.63) is 94.8 Å². The summed E-state index contributed by atoms with van der Waals surface area (Å²) in [6, 6.07) is 15.2. The normalized spacial score (nSPS) is 14.1. The van der Waals surface area contributed by atoms with Gasteiger partial charge in [0.2, 0.25) is 0 Å². The highest BCUT2D eigenvalue weighted by Gasteiger charge is 2.29. The van der Waals surface area contributed by atoms with E-state index in [0.29, 0.717) is 10.7 Å². The van der Waals surface area contributed by atoms with Crippen LogP contribution >= 0.6 is 11.6 Å². The van der Waals surface area contributed by atoms with Crippen molar-refractivity contribution in [2.75, 3.05) is 24.4 Å². The van der Waals surface area contributed by atoms with E-state index in [1.165, 1.54) is 20.3 Å². The summed E-state index contributed by atoms with van der Waals surface area (Å²) < 4.78 is 9.85. The summed E-state index contributed by atoms with van der Waals surface area (Å²) in [5.74, 6) is -1.34. The van der Waals surface area contributed by atoms with Gasteiger partial charge in [-0.05, 0) is 42.8 Å². The van der Waals surface area contributed by atoms with Crippen LogP contribution in [0.2, 0.25) is 5.02 Å². The number of carbonyl (C=O) groups is 2. The number of nitrogens with one attached hydrogen (secondary N) is 1. The maximum Gasteiger partial charge on any atom is 0.355 e. The van der Waals surface area contributed by atoms with Crippen LogP contribution in [0.25, 0.3) is 0 Å². The number of hydrogen-bond acceptors (Lipinski definition) is 6. The van der Waals surface area contributed by atoms with Crippen LogP contribution in [0.1, 0.15) is 18.5 Å². The van der Waals surface area contributed by atoms with Gasteiger partial charge in [-0.1, -0.05) is 48.0 Å². The van der Waals surface area contributed by atoms with Gasteiger partial charge in [0.05, 0.1) is 31.2 Å². The summed E-state index contributed by atoms with van der Waals surface area (Å²) in [6.45, 7) is 2.03. The molecule has 2 aromatic rings. The van der Waals surface area contributed by atoms with Crippen molar-refractivity contribution in [1.82, 2.24) is 0 Å². The zero-order chi connectivity index (χ0) is 22.4. The average Bonchev–Trinajstić information content (AvgIpc) is 3.02. The second kappa shape index (κ2) is 10.00. The predicted molar refractivity (Wildman–Crippen MR) is 122 cm³/mol. The van der Waals surface area contributed by atoms with E-state index in [2.05, 4.69) is 5.32 Å². The Hall–Kier alpha value is -3.51. The molecule has 1 heterocycles. The molecule has 0 aliphatic carbocycles. The Bertz CT molecular complexity index is 1060. The second-order valence-electron chi connectivity index (χ2n) is 6.75. The monoisotopic (exact) mass is 438 g/mol. The van der Waals surface area contributed by atoms with Crippen molar-refractivity contribution in [2.24, 2.45) is 0 Å². The number of anilines is 2. The van der Waals surface area contributed by atoms with Gasteiger partial charge in [-0.2, -0.15) is 0 Å². The molecule has 0 fully saturated rings. The molecule has 1 N–H and O–H groups in total. The molecule has 0 bridgehead atoms. The Kier molecular flexibility index (Phi) is 7.15. The molecule has 1 unspecified atom stereocenters. The minimum Gasteiger partial charge on any atom is -0.465 e. The number of hydrogen-bond donors (Lipinski definition) is 1. The Morgan fingerprint density at radius 2 is 1.71 bits per heavy atom. The number of methoxy groups -OCH3 is 2. The van der Waals surface area contributed by atoms with Crippen molar-refractivity contribution in [3.8, 4) is 0 Å². The predicted octanol–water partition coefficient (Wildman–Crippen LogP) is 5.00. The number of allylic oxidation sites excluding steroid dienone is 2. The SMILES string of the molecule is COC(=O)C1=C(C(=O)OC)N(c2cc(Cl)ccc2NC(C)c2ccccc2)C=CC=C1. The topological polar surface area (TPSA) is 67.9 Å². The molecule has 0 aromatic heterocycles. The van der Waals surface area contributed by atoms with Crippen molar-refractivity contribution in [3.63, 3.8) is 0 Å². The molecular formula is C24H23ClN2O4. The molecule has 0 saturated carbocycles. The summed E-state index contributed by atoms with van der Waals surface area (Å²) in [6.07, 6.45) is 6.55. The van der Waals surface area contributed by atoms with Crippen LogP contribution in [0.4, 0.5) is 11.4 Å². The van der Waals surface area contributed by atoms with Crippen LogP contribution < -0.4 is 10.2 Å². The quantitative estimate of drug-likeness (QED) is 0.640. The first-order valence-corrected chi connectivity index (χ1v) is 10.00. The standard InChI is InChI=1S/C24H23ClN2O4/c1-16(17-9-5-4-6-10-17)26-20-13-12-18(25)15-21(20)27-14-8-7-11-19(23(28)30-2)22(27)24(29)31-3/h4-16,26H,1-3H3. The molecule has 31 heavy (non-hydrogen) atoms. The van der Waals surface area contributed by atoms with E-state index in [4.69, 9.17) is 21.1 Å². The highest BCUT2D eigenvalue weighted by molar-refractivity contribution is 6.31. The molecule has 3 rings (SSSR count). The molecule has 0 radical (unpaired) electrons. The van der Waals surface area contributed by atoms with Gasteiger partial charge in [-0.25, -0.2) is 9.59 Å². The first-order chi connectivity index (χ1) is 15.0. The van der Waals surface area contributed by atoms with Gasteiger partial charge in [-0.3, -0.25) is 0 Å². The van der Waals surface area contributed by atoms with Crippen LogP contribution in [0.15, 0.2) is 84.2 Å². The van der Waals surface area contributed by atoms with E-state index in [1.54, 1.807) is 35.4 Å². The number of benzene rings is 2. The first-order valence-electron chi connectivity index (χ1n) is 9.62. The van der Waals surface area contributed by atoms with Crippen LogP contribution in [0.3, 0.4) is 0 Å². The summed E-state index contributed by atoms with van der Waals surface area (Å²) in [5.41, 5.74) is 2.49. The smallest absolute Gasteiger partial charge is 0.355 e. The van der Waals surface area contributed by atoms with Crippen molar-refractivity contribution in [2.45, 2.75) is 13.0 Å². The van der Waals surface area contributed by atoms with Crippen molar-refractivity contribution < 1.29 is 19.1 Å². The molecule has 1 aliphatic heterocycles. The molecule has 2 aromatic carbocycles. The third-order valence-electron chi connectivity index (χ3n) is 4.78. The minimum absolute atomic E-state index is 0.0250. The molecule has 0 amide bonds. The lowest BCUT2D eigenvalue weighted by Crippen LogP contribution is -2.27. The molecule has 1 atom stereocenters. The Labute approximate surface area is 186 Å². The summed E-state index contributed by atoms with van der Waals surface area (Å²) in [4.78, 5) is 26.7. The van der Waals surface area contributed by atoms with Gasteiger partial charge in [0.25, 0.3) is 0 Å². The summed E-state index contributed by atoms with van der Waals surface area (Å²) >= 11 is 6.30. The van der Waals surface area contributed by atoms with Crippen LogP contribution in [-0.2, 0) is 19.1 Å². The summed E-state index contributed by atoms with van der Waals surface area (Å²) in [5, 5.41) is 3.94. The van der Waals surface area contributed by atoms with Crippen LogP contribution in [0.5, 0.6) is 0 Å². The highest BCUT2D eigenvalue weighted by Crippen LogP contribution is 2.36. The van der Waals surface area contributed by atoms with E-state index < -0.39 is 11.9 Å². The first kappa shape index (κ1) is 22.2. The van der Waals surface area contributed by atoms with E-state index >= 15 is 0 Å². The maximum absolute atomic E-state index is 12.7. The Morgan fingerprint density at radius 1 is 1.00 bits per heavy atom. The number of halogens is 1. The van der Waals surface area contributed by atoms with E-state index in [9.17, 15) is 9.59 Å². The van der Waals surface area contributed by atoms with Crippen molar-refractivity contribution in [1.29, 1.82) is 0 Å². The minimum atomic E-state index is -0.682. The van der Waals surface area contributed by atoms with Gasteiger partial charge in [0.1, 0.15) is 5.70 Å². The highest BCUT2D eigenvalue weighted by atomic mass is 35.5. The lowest BCUT2D eigenvalue weighted by Gasteiger charge is -2.27. The molecule has 0 saturated heterocycles. The zero-order valence-corrected chi connectivity index (χ0v) is 18.2. The third-order valence-corrected chi connectivity index (χ3v) is 5.02. The third kappa shape index (κ3) is 4.98. The van der Waals surface area contributed by atoms with Crippen LogP contribution in [0, 0.1) is 0 Å². The molecule has 160 valence electrons. The number of esters is 2. The Balaban J connectivity index is 2.12. The molecule has 1 aliphatic rings. The second-order valence-corrected chi connectivity index (χ2v) is 7.19. The lowest BCUT2D eigenvalue weighted by atomic mass is 10.1. The maximum atomic E-state index is 12.7. The lowest BCUT2D eigenvalue weighted by molar-refractivity contribution is -0.139. The number of ether oxygens (including phenoxy) is 2. The fraction of sp³-hybridized carbons (Fsp3) is 0.167. The fourth-order valence-corrected chi connectivity index (χ4v) is 3.40. The van der Waals surface area contributed by atoms with Gasteiger partial charge in [-0.15, -0.1) is 0 Å². The summed E-state index contributed by atoms with van der Waals surface area (Å²) in [7, 11) is 2.52. The average molecular weight is 439 g/mol.